The van der Waals surface area contributed by atoms with Crippen molar-refractivity contribution in [3.63, 3.8) is 0 Å². The number of nitrogens with zero attached hydrogens (tertiary/aromatic N) is 3. The molecule has 2 aromatic rings. The highest BCUT2D eigenvalue weighted by atomic mass is 32.2. The van der Waals surface area contributed by atoms with Crippen LogP contribution in [0.4, 0.5) is 4.79 Å². The molecule has 2 aliphatic carbocycles. The van der Waals surface area contributed by atoms with Gasteiger partial charge >= 0.3 is 6.03 Å². The van der Waals surface area contributed by atoms with Crippen LogP contribution in [0.3, 0.4) is 0 Å². The average Bonchev–Trinajstić information content (AvgIpc) is 3.98. The number of carbonyl (C=O) groups excluding carboxylic acids is 4. The van der Waals surface area contributed by atoms with Crippen LogP contribution in [0, 0.1) is 18.3 Å². The molecule has 2 saturated carbocycles. The Hall–Kier alpha value is -4.40. The van der Waals surface area contributed by atoms with E-state index in [1.807, 2.05) is 26.0 Å². The summed E-state index contributed by atoms with van der Waals surface area (Å²) in [7, 11) is -0.783. The molecular weight excluding hydrogens is 715 g/mol. The molecule has 0 spiro atoms. The Morgan fingerprint density at radius 1 is 1.13 bits per heavy atom. The van der Waals surface area contributed by atoms with E-state index in [1.54, 1.807) is 46.1 Å². The molecule has 4 amide bonds. The second kappa shape index (κ2) is 15.0. The zero-order valence-electron chi connectivity index (χ0n) is 32.0. The van der Waals surface area contributed by atoms with Crippen LogP contribution in [-0.2, 0) is 24.4 Å². The molecule has 1 saturated heterocycles. The fourth-order valence-electron chi connectivity index (χ4n) is 7.51. The number of amides is 4. The Morgan fingerprint density at radius 3 is 2.56 bits per heavy atom. The van der Waals surface area contributed by atoms with E-state index in [1.165, 1.54) is 9.80 Å². The zero-order chi connectivity index (χ0) is 39.2. The number of phenols is 1. The van der Waals surface area contributed by atoms with Crippen molar-refractivity contribution >= 4 is 44.6 Å². The van der Waals surface area contributed by atoms with Crippen molar-refractivity contribution in [3.05, 3.63) is 35.9 Å². The van der Waals surface area contributed by atoms with Gasteiger partial charge in [0.1, 0.15) is 23.6 Å². The number of allylic oxidation sites excluding steroid dienone is 2. The van der Waals surface area contributed by atoms with Gasteiger partial charge in [0.15, 0.2) is 5.78 Å². The number of nitrogens with one attached hydrogen (secondary N) is 2. The summed E-state index contributed by atoms with van der Waals surface area (Å²) >= 11 is 0. The maximum absolute atomic E-state index is 14.5. The van der Waals surface area contributed by atoms with E-state index in [4.69, 9.17) is 9.47 Å². The molecule has 0 radical (unpaired) electrons. The number of Topliss-reactive ketones (excluding diaryl/α,β-unsaturated/α-hetero) is 1. The van der Waals surface area contributed by atoms with Gasteiger partial charge in [-0.3, -0.25) is 19.1 Å². The molecule has 294 valence electrons. The van der Waals surface area contributed by atoms with E-state index < -0.39 is 56.2 Å². The maximum Gasteiger partial charge on any atom is 0.317 e. The Morgan fingerprint density at radius 2 is 1.87 bits per heavy atom. The first kappa shape index (κ1) is 39.3. The summed E-state index contributed by atoms with van der Waals surface area (Å²) in [5.74, 6) is -1.10. The van der Waals surface area contributed by atoms with Crippen molar-refractivity contribution in [2.45, 2.75) is 121 Å². The van der Waals surface area contributed by atoms with Gasteiger partial charge in [-0.1, -0.05) is 25.0 Å². The topological polar surface area (TPSA) is 185 Å². The van der Waals surface area contributed by atoms with Crippen molar-refractivity contribution < 1.29 is 42.2 Å². The number of hydrogen-bond acceptors (Lipinski definition) is 10. The Balaban J connectivity index is 1.35. The number of ketones is 1. The van der Waals surface area contributed by atoms with Gasteiger partial charge in [0.05, 0.1) is 34.4 Å². The highest BCUT2D eigenvalue weighted by Crippen LogP contribution is 2.57. The first-order valence-corrected chi connectivity index (χ1v) is 20.4. The quantitative estimate of drug-likeness (QED) is 0.323. The molecule has 2 aliphatic heterocycles. The first-order chi connectivity index (χ1) is 25.4. The number of ether oxygens (including phenoxy) is 2. The minimum atomic E-state index is -3.96. The molecule has 3 fully saturated rings. The Kier molecular flexibility index (Phi) is 10.9. The smallest absolute Gasteiger partial charge is 0.317 e. The van der Waals surface area contributed by atoms with E-state index in [-0.39, 0.29) is 48.8 Å². The first-order valence-electron chi connectivity index (χ1n) is 19.0. The van der Waals surface area contributed by atoms with Crippen molar-refractivity contribution in [3.8, 4) is 17.4 Å². The Bertz CT molecular complexity index is 1960. The standard InChI is InChI=1S/C39H53N5O9S/c1-23(2)52-33-19-32(27-14-15-30(45)24(3)34(27)41-33)53-26-18-29-31(46)21-39(36(48)42-54(50,51)38(4)16-17-38)20-25(39)12-10-8-7-9-11-13-28(35(47)44(29)22-26)40-37(49)43(5)6/h10,12,14-15,19,23,25-26,28-29,45H,7-9,11,13,16-18,20-22H2,1-6H3,(H,40,49)(H,42,48)/b12-10-/t25-,26+,28-,29-,39+/m0/s1. The third kappa shape index (κ3) is 8.01. The third-order valence-corrected chi connectivity index (χ3v) is 13.5. The molecule has 4 aliphatic rings. The number of fused-ring (bicyclic) bond motifs is 3. The van der Waals surface area contributed by atoms with Crippen LogP contribution >= 0.6 is 0 Å². The van der Waals surface area contributed by atoms with Gasteiger partial charge < -0.3 is 29.7 Å². The highest BCUT2D eigenvalue weighted by Gasteiger charge is 2.62. The summed E-state index contributed by atoms with van der Waals surface area (Å²) in [6, 6.07) is 2.53. The number of aromatic nitrogens is 1. The van der Waals surface area contributed by atoms with Crippen LogP contribution in [-0.4, -0.2) is 102 Å². The largest absolute Gasteiger partial charge is 0.508 e. The fraction of sp³-hybridized carbons (Fsp3) is 0.615. The van der Waals surface area contributed by atoms with E-state index in [0.717, 1.165) is 19.3 Å². The third-order valence-electron chi connectivity index (χ3n) is 11.4. The van der Waals surface area contributed by atoms with E-state index >= 15 is 0 Å². The summed E-state index contributed by atoms with van der Waals surface area (Å²) in [5.41, 5.74) is -0.266. The molecule has 0 unspecified atom stereocenters. The molecule has 5 atom stereocenters. The second-order valence-corrected chi connectivity index (χ2v) is 18.4. The van der Waals surface area contributed by atoms with Crippen LogP contribution in [0.5, 0.6) is 17.4 Å². The molecular formula is C39H53N5O9S. The van der Waals surface area contributed by atoms with Crippen LogP contribution in [0.1, 0.15) is 90.5 Å². The number of hydrogen-bond donors (Lipinski definition) is 3. The van der Waals surface area contributed by atoms with Crippen LogP contribution < -0.4 is 19.5 Å². The summed E-state index contributed by atoms with van der Waals surface area (Å²) in [6.07, 6.45) is 7.42. The predicted octanol–water partition coefficient (Wildman–Crippen LogP) is 4.51. The van der Waals surface area contributed by atoms with Crippen molar-refractivity contribution in [1.82, 2.24) is 24.8 Å². The number of carbonyl (C=O) groups is 4. The lowest BCUT2D eigenvalue weighted by Gasteiger charge is -2.30. The molecule has 54 heavy (non-hydrogen) atoms. The fourth-order valence-corrected chi connectivity index (χ4v) is 8.84. The minimum Gasteiger partial charge on any atom is -0.508 e. The molecule has 3 N–H and O–H groups in total. The number of rotatable bonds is 8. The SMILES string of the molecule is Cc1c(O)ccc2c(O[C@@H]3C[C@H]4C(=O)C[C@]5(C(=O)NS(=O)(=O)C6(C)CC6)C[C@@H]5/C=C\CCCCC[C@H](NC(=O)N(C)C)C(=O)N4C3)cc(OC(C)C)nc12. The minimum absolute atomic E-state index is 0.0140. The molecule has 15 heteroatoms. The van der Waals surface area contributed by atoms with E-state index in [2.05, 4.69) is 15.0 Å². The number of phenolic OH excluding ortho intramolecular Hbond substituents is 1. The maximum atomic E-state index is 14.5. The summed E-state index contributed by atoms with van der Waals surface area (Å²) < 4.78 is 40.2. The number of pyridine rings is 1. The molecule has 14 nitrogen and oxygen atoms in total. The lowest BCUT2D eigenvalue weighted by atomic mass is 9.91. The molecule has 3 heterocycles. The number of benzene rings is 1. The number of urea groups is 1. The summed E-state index contributed by atoms with van der Waals surface area (Å²) in [5, 5.41) is 13.9. The molecule has 6 rings (SSSR count). The molecule has 1 aromatic carbocycles. The van der Waals surface area contributed by atoms with Crippen LogP contribution in [0.2, 0.25) is 0 Å². The van der Waals surface area contributed by atoms with Crippen molar-refractivity contribution in [1.29, 1.82) is 0 Å². The van der Waals surface area contributed by atoms with Crippen molar-refractivity contribution in [2.24, 2.45) is 11.3 Å². The second-order valence-electron chi connectivity index (χ2n) is 16.2. The normalized spacial score (nSPS) is 27.6. The highest BCUT2D eigenvalue weighted by molar-refractivity contribution is 7.91. The van der Waals surface area contributed by atoms with E-state index in [9.17, 15) is 32.7 Å². The zero-order valence-corrected chi connectivity index (χ0v) is 32.8. The van der Waals surface area contributed by atoms with Gasteiger partial charge in [0, 0.05) is 44.0 Å². The van der Waals surface area contributed by atoms with Gasteiger partial charge in [-0.15, -0.1) is 0 Å². The van der Waals surface area contributed by atoms with Crippen LogP contribution in [0.25, 0.3) is 10.9 Å². The number of aromatic hydroxyl groups is 1. The van der Waals surface area contributed by atoms with Crippen LogP contribution in [0.15, 0.2) is 30.4 Å². The molecule has 1 aromatic heterocycles. The predicted molar refractivity (Wildman–Crippen MR) is 202 cm³/mol. The summed E-state index contributed by atoms with van der Waals surface area (Å²) in [6.45, 7) is 7.08. The van der Waals surface area contributed by atoms with Gasteiger partial charge in [0.2, 0.25) is 27.7 Å². The lowest BCUT2D eigenvalue weighted by molar-refractivity contribution is -0.140. The monoisotopic (exact) mass is 767 g/mol. The number of sulfonamides is 1. The Labute approximate surface area is 317 Å². The van der Waals surface area contributed by atoms with E-state index in [0.29, 0.717) is 54.3 Å². The van der Waals surface area contributed by atoms with Gasteiger partial charge in [-0.25, -0.2) is 18.2 Å². The number of aryl methyl sites for hydroxylation is 1. The lowest BCUT2D eigenvalue weighted by Crippen LogP contribution is -2.54. The van der Waals surface area contributed by atoms with Gasteiger partial charge in [-0.05, 0) is 84.3 Å². The van der Waals surface area contributed by atoms with Gasteiger partial charge in [0.25, 0.3) is 0 Å². The van der Waals surface area contributed by atoms with Gasteiger partial charge in [-0.2, -0.15) is 0 Å². The summed E-state index contributed by atoms with van der Waals surface area (Å²) in [4.78, 5) is 63.3. The molecule has 0 bridgehead atoms. The average molecular weight is 768 g/mol. The van der Waals surface area contributed by atoms with Crippen molar-refractivity contribution in [2.75, 3.05) is 20.6 Å².